The normalized spacial score (nSPS) is 20.6. The highest BCUT2D eigenvalue weighted by Gasteiger charge is 2.29. The molecular formula is C14H23N3. The first-order chi connectivity index (χ1) is 8.02. The first kappa shape index (κ1) is 12.4. The molecule has 1 aliphatic rings. The van der Waals surface area contributed by atoms with Gasteiger partial charge in [0, 0.05) is 19.1 Å². The van der Waals surface area contributed by atoms with Gasteiger partial charge < -0.3 is 10.6 Å². The van der Waals surface area contributed by atoms with Crippen LogP contribution in [0.4, 0.5) is 5.69 Å². The van der Waals surface area contributed by atoms with Crippen LogP contribution < -0.4 is 10.6 Å². The summed E-state index contributed by atoms with van der Waals surface area (Å²) in [7, 11) is 0. The van der Waals surface area contributed by atoms with Gasteiger partial charge in [-0.1, -0.05) is 20.8 Å². The van der Waals surface area contributed by atoms with E-state index >= 15 is 0 Å². The van der Waals surface area contributed by atoms with Crippen molar-refractivity contribution in [3.63, 3.8) is 0 Å². The summed E-state index contributed by atoms with van der Waals surface area (Å²) in [6.45, 7) is 8.98. The molecule has 3 heteroatoms. The molecule has 0 bridgehead atoms. The van der Waals surface area contributed by atoms with Crippen LogP contribution in [0.1, 0.15) is 45.3 Å². The molecule has 94 valence electrons. The second-order valence-electron chi connectivity index (χ2n) is 5.79. The van der Waals surface area contributed by atoms with Crippen molar-refractivity contribution in [1.29, 1.82) is 0 Å². The lowest BCUT2D eigenvalue weighted by atomic mass is 9.93. The summed E-state index contributed by atoms with van der Waals surface area (Å²) in [4.78, 5) is 6.89. The van der Waals surface area contributed by atoms with Gasteiger partial charge in [0.2, 0.25) is 0 Å². The molecule has 2 N–H and O–H groups in total. The van der Waals surface area contributed by atoms with Crippen LogP contribution in [0.15, 0.2) is 18.3 Å². The van der Waals surface area contributed by atoms with Gasteiger partial charge in [-0.15, -0.1) is 0 Å². The predicted molar refractivity (Wildman–Crippen MR) is 72.1 cm³/mol. The summed E-state index contributed by atoms with van der Waals surface area (Å²) in [6, 6.07) is 4.28. The van der Waals surface area contributed by atoms with Gasteiger partial charge in [-0.3, -0.25) is 4.98 Å². The smallest absolute Gasteiger partial charge is 0.0572 e. The Morgan fingerprint density at radius 2 is 2.24 bits per heavy atom. The molecule has 1 unspecified atom stereocenters. The molecule has 1 aromatic heterocycles. The zero-order valence-electron chi connectivity index (χ0n) is 11.1. The Hall–Kier alpha value is -1.09. The monoisotopic (exact) mass is 233 g/mol. The summed E-state index contributed by atoms with van der Waals surface area (Å²) in [5.41, 5.74) is 8.61. The van der Waals surface area contributed by atoms with Gasteiger partial charge in [-0.25, -0.2) is 0 Å². The molecule has 0 saturated carbocycles. The third-order valence-corrected chi connectivity index (χ3v) is 3.63. The first-order valence-electron chi connectivity index (χ1n) is 6.48. The highest BCUT2D eigenvalue weighted by molar-refractivity contribution is 5.46. The minimum atomic E-state index is 0.0686. The number of hydrogen-bond donors (Lipinski definition) is 1. The lowest BCUT2D eigenvalue weighted by Gasteiger charge is -2.21. The average molecular weight is 233 g/mol. The van der Waals surface area contributed by atoms with Crippen molar-refractivity contribution >= 4 is 5.69 Å². The Balaban J connectivity index is 2.09. The fourth-order valence-corrected chi connectivity index (χ4v) is 2.35. The lowest BCUT2D eigenvalue weighted by molar-refractivity contribution is 0.418. The standard InChI is InChI=1S/C14H23N3/c1-4-12(15)13-6-5-11(9-16-13)17-8-7-14(2,3)10-17/h5-6,9,12H,4,7-8,10,15H2,1-3H3. The number of anilines is 1. The zero-order chi connectivity index (χ0) is 12.5. The van der Waals surface area contributed by atoms with Crippen molar-refractivity contribution in [1.82, 2.24) is 4.98 Å². The molecule has 1 saturated heterocycles. The van der Waals surface area contributed by atoms with E-state index in [1.807, 2.05) is 6.20 Å². The second-order valence-corrected chi connectivity index (χ2v) is 5.79. The van der Waals surface area contributed by atoms with E-state index in [1.54, 1.807) is 0 Å². The van der Waals surface area contributed by atoms with E-state index in [0.29, 0.717) is 5.41 Å². The maximum Gasteiger partial charge on any atom is 0.0572 e. The number of rotatable bonds is 3. The summed E-state index contributed by atoms with van der Waals surface area (Å²) in [5.74, 6) is 0. The van der Waals surface area contributed by atoms with E-state index in [-0.39, 0.29) is 6.04 Å². The van der Waals surface area contributed by atoms with Crippen LogP contribution in [-0.2, 0) is 0 Å². The minimum Gasteiger partial charge on any atom is -0.370 e. The van der Waals surface area contributed by atoms with Crippen molar-refractivity contribution in [3.05, 3.63) is 24.0 Å². The van der Waals surface area contributed by atoms with Crippen LogP contribution in [0.3, 0.4) is 0 Å². The molecule has 2 rings (SSSR count). The van der Waals surface area contributed by atoms with Gasteiger partial charge >= 0.3 is 0 Å². The molecular weight excluding hydrogens is 210 g/mol. The van der Waals surface area contributed by atoms with E-state index < -0.39 is 0 Å². The average Bonchev–Trinajstić information content (AvgIpc) is 2.69. The Bertz CT molecular complexity index is 370. The second kappa shape index (κ2) is 4.65. The van der Waals surface area contributed by atoms with Crippen molar-refractivity contribution < 1.29 is 0 Å². The van der Waals surface area contributed by atoms with Crippen molar-refractivity contribution in [2.75, 3.05) is 18.0 Å². The topological polar surface area (TPSA) is 42.1 Å². The Morgan fingerprint density at radius 3 is 2.71 bits per heavy atom. The third-order valence-electron chi connectivity index (χ3n) is 3.63. The fraction of sp³-hybridized carbons (Fsp3) is 0.643. The number of aromatic nitrogens is 1. The molecule has 0 amide bonds. The lowest BCUT2D eigenvalue weighted by Crippen LogP contribution is -2.23. The van der Waals surface area contributed by atoms with Crippen LogP contribution >= 0.6 is 0 Å². The van der Waals surface area contributed by atoms with E-state index in [2.05, 4.69) is 42.8 Å². The molecule has 17 heavy (non-hydrogen) atoms. The highest BCUT2D eigenvalue weighted by Crippen LogP contribution is 2.32. The first-order valence-corrected chi connectivity index (χ1v) is 6.48. The van der Waals surface area contributed by atoms with Gasteiger partial charge in [0.05, 0.1) is 17.6 Å². The van der Waals surface area contributed by atoms with Crippen molar-refractivity contribution in [2.45, 2.75) is 39.7 Å². The van der Waals surface area contributed by atoms with Crippen LogP contribution in [0.2, 0.25) is 0 Å². The quantitative estimate of drug-likeness (QED) is 0.873. The largest absolute Gasteiger partial charge is 0.370 e. The summed E-state index contributed by atoms with van der Waals surface area (Å²) in [5, 5.41) is 0. The summed E-state index contributed by atoms with van der Waals surface area (Å²) < 4.78 is 0. The molecule has 2 heterocycles. The Labute approximate surface area is 104 Å². The number of hydrogen-bond acceptors (Lipinski definition) is 3. The van der Waals surface area contributed by atoms with Crippen molar-refractivity contribution in [3.8, 4) is 0 Å². The molecule has 0 radical (unpaired) electrons. The molecule has 3 nitrogen and oxygen atoms in total. The molecule has 1 fully saturated rings. The maximum atomic E-state index is 5.96. The number of nitrogens with two attached hydrogens (primary N) is 1. The molecule has 0 aliphatic carbocycles. The predicted octanol–water partition coefficient (Wildman–Crippen LogP) is 2.73. The van der Waals surface area contributed by atoms with E-state index in [1.165, 1.54) is 12.1 Å². The van der Waals surface area contributed by atoms with Gasteiger partial charge in [0.25, 0.3) is 0 Å². The van der Waals surface area contributed by atoms with E-state index in [4.69, 9.17) is 5.73 Å². The van der Waals surface area contributed by atoms with Gasteiger partial charge in [0.1, 0.15) is 0 Å². The molecule has 1 aliphatic heterocycles. The number of pyridine rings is 1. The van der Waals surface area contributed by atoms with Crippen LogP contribution in [0.5, 0.6) is 0 Å². The maximum absolute atomic E-state index is 5.96. The number of nitrogens with zero attached hydrogens (tertiary/aromatic N) is 2. The third kappa shape index (κ3) is 2.78. The van der Waals surface area contributed by atoms with Crippen LogP contribution in [-0.4, -0.2) is 18.1 Å². The minimum absolute atomic E-state index is 0.0686. The Kier molecular flexibility index (Phi) is 3.38. The molecule has 1 atom stereocenters. The SMILES string of the molecule is CCC(N)c1ccc(N2CCC(C)(C)C2)cn1. The Morgan fingerprint density at radius 1 is 1.47 bits per heavy atom. The molecule has 0 spiro atoms. The van der Waals surface area contributed by atoms with Gasteiger partial charge in [0.15, 0.2) is 0 Å². The highest BCUT2D eigenvalue weighted by atomic mass is 15.2. The van der Waals surface area contributed by atoms with E-state index in [0.717, 1.165) is 25.2 Å². The molecule has 0 aromatic carbocycles. The summed E-state index contributed by atoms with van der Waals surface area (Å²) in [6.07, 6.45) is 4.15. The van der Waals surface area contributed by atoms with Crippen molar-refractivity contribution in [2.24, 2.45) is 11.1 Å². The van der Waals surface area contributed by atoms with E-state index in [9.17, 15) is 0 Å². The van der Waals surface area contributed by atoms with Gasteiger partial charge in [-0.2, -0.15) is 0 Å². The summed E-state index contributed by atoms with van der Waals surface area (Å²) >= 11 is 0. The zero-order valence-corrected chi connectivity index (χ0v) is 11.1. The fourth-order valence-electron chi connectivity index (χ4n) is 2.35. The van der Waals surface area contributed by atoms with Crippen LogP contribution in [0.25, 0.3) is 0 Å². The molecule has 1 aromatic rings. The van der Waals surface area contributed by atoms with Crippen LogP contribution in [0, 0.1) is 5.41 Å². The van der Waals surface area contributed by atoms with Gasteiger partial charge in [-0.05, 0) is 30.4 Å².